The molecule has 130 valence electrons. The summed E-state index contributed by atoms with van der Waals surface area (Å²) in [7, 11) is 1.59. The van der Waals surface area contributed by atoms with Crippen LogP contribution in [0.1, 0.15) is 17.0 Å². The van der Waals surface area contributed by atoms with Crippen LogP contribution < -0.4 is 10.3 Å². The van der Waals surface area contributed by atoms with Gasteiger partial charge in [-0.05, 0) is 30.7 Å². The number of para-hydroxylation sites is 1. The largest absolute Gasteiger partial charge is 0.493 e. The average molecular weight is 367 g/mol. The first-order chi connectivity index (χ1) is 12.5. The normalized spacial score (nSPS) is 12.0. The highest BCUT2D eigenvalue weighted by atomic mass is 35.5. The first-order valence-corrected chi connectivity index (χ1v) is 8.37. The zero-order valence-electron chi connectivity index (χ0n) is 14.2. The number of benzene rings is 1. The third-order valence-corrected chi connectivity index (χ3v) is 4.37. The first-order valence-electron chi connectivity index (χ1n) is 7.99. The van der Waals surface area contributed by atoms with E-state index in [4.69, 9.17) is 20.8 Å². The maximum atomic E-state index is 12.3. The molecule has 5 nitrogen and oxygen atoms in total. The van der Waals surface area contributed by atoms with Gasteiger partial charge in [-0.1, -0.05) is 29.8 Å². The van der Waals surface area contributed by atoms with Crippen molar-refractivity contribution in [2.45, 2.75) is 6.92 Å². The standard InChI is InChI=1S/C20H15ClN2O3/c1-12-6-7-18-22-16(10-19(24)23(18)11-12)15(21)9-14-8-13-4-3-5-17(25-2)20(13)26-14/h3-11H,1-2H3/b15-9-. The molecule has 0 N–H and O–H groups in total. The van der Waals surface area contributed by atoms with Gasteiger partial charge in [0.1, 0.15) is 11.4 Å². The molecule has 0 saturated carbocycles. The molecule has 0 amide bonds. The summed E-state index contributed by atoms with van der Waals surface area (Å²) in [6.45, 7) is 1.92. The van der Waals surface area contributed by atoms with Gasteiger partial charge >= 0.3 is 0 Å². The van der Waals surface area contributed by atoms with Crippen molar-refractivity contribution >= 4 is 39.3 Å². The Hall–Kier alpha value is -3.05. The Labute approximate surface area is 154 Å². The number of nitrogens with zero attached hydrogens (tertiary/aromatic N) is 2. The zero-order valence-corrected chi connectivity index (χ0v) is 14.9. The first kappa shape index (κ1) is 16.4. The number of aromatic nitrogens is 2. The van der Waals surface area contributed by atoms with E-state index in [0.29, 0.717) is 33.5 Å². The fourth-order valence-electron chi connectivity index (χ4n) is 2.82. The number of aryl methyl sites for hydroxylation is 1. The van der Waals surface area contributed by atoms with Crippen molar-refractivity contribution in [3.8, 4) is 5.75 Å². The Morgan fingerprint density at radius 3 is 2.92 bits per heavy atom. The molecule has 6 heteroatoms. The SMILES string of the molecule is COc1cccc2cc(/C=C(\Cl)c3cc(=O)n4cc(C)ccc4n3)oc12. The van der Waals surface area contributed by atoms with Crippen LogP contribution in [0.5, 0.6) is 5.75 Å². The minimum Gasteiger partial charge on any atom is -0.493 e. The van der Waals surface area contributed by atoms with Crippen molar-refractivity contribution in [1.82, 2.24) is 9.38 Å². The lowest BCUT2D eigenvalue weighted by Crippen LogP contribution is -2.15. The van der Waals surface area contributed by atoms with Gasteiger partial charge in [0.05, 0.1) is 17.8 Å². The summed E-state index contributed by atoms with van der Waals surface area (Å²) in [6, 6.07) is 12.6. The number of ether oxygens (including phenoxy) is 1. The van der Waals surface area contributed by atoms with E-state index in [1.807, 2.05) is 37.3 Å². The predicted octanol–water partition coefficient (Wildman–Crippen LogP) is 4.49. The number of methoxy groups -OCH3 is 1. The Morgan fingerprint density at radius 2 is 2.12 bits per heavy atom. The molecule has 0 radical (unpaired) electrons. The molecule has 3 aromatic heterocycles. The van der Waals surface area contributed by atoms with Crippen molar-refractivity contribution in [3.05, 3.63) is 76.0 Å². The van der Waals surface area contributed by atoms with Crippen LogP contribution >= 0.6 is 11.6 Å². The second kappa shape index (κ2) is 6.35. The number of halogens is 1. The van der Waals surface area contributed by atoms with Crippen molar-refractivity contribution < 1.29 is 9.15 Å². The molecule has 0 saturated heterocycles. The average Bonchev–Trinajstić information content (AvgIpc) is 3.04. The van der Waals surface area contributed by atoms with Crippen LogP contribution in [0.3, 0.4) is 0 Å². The molecule has 0 aliphatic rings. The Balaban J connectivity index is 1.80. The maximum Gasteiger partial charge on any atom is 0.258 e. The van der Waals surface area contributed by atoms with Crippen LogP contribution in [-0.2, 0) is 0 Å². The smallest absolute Gasteiger partial charge is 0.258 e. The van der Waals surface area contributed by atoms with Crippen molar-refractivity contribution in [3.63, 3.8) is 0 Å². The maximum absolute atomic E-state index is 12.3. The molecule has 0 aliphatic carbocycles. The van der Waals surface area contributed by atoms with E-state index in [1.54, 1.807) is 25.4 Å². The summed E-state index contributed by atoms with van der Waals surface area (Å²) in [5, 5.41) is 1.23. The van der Waals surface area contributed by atoms with Gasteiger partial charge in [-0.15, -0.1) is 0 Å². The molecular weight excluding hydrogens is 352 g/mol. The fraction of sp³-hybridized carbons (Fsp3) is 0.100. The molecule has 3 heterocycles. The Bertz CT molecular complexity index is 1220. The van der Waals surface area contributed by atoms with Gasteiger partial charge in [-0.2, -0.15) is 0 Å². The summed E-state index contributed by atoms with van der Waals surface area (Å²) >= 11 is 6.40. The second-order valence-corrected chi connectivity index (χ2v) is 6.34. The lowest BCUT2D eigenvalue weighted by atomic mass is 10.2. The van der Waals surface area contributed by atoms with Crippen LogP contribution in [0.15, 0.2) is 57.9 Å². The summed E-state index contributed by atoms with van der Waals surface area (Å²) in [6.07, 6.45) is 3.39. The number of fused-ring (bicyclic) bond motifs is 2. The molecule has 0 unspecified atom stereocenters. The highest BCUT2D eigenvalue weighted by Crippen LogP contribution is 2.30. The van der Waals surface area contributed by atoms with Crippen LogP contribution in [0.2, 0.25) is 0 Å². The molecular formula is C20H15ClN2O3. The topological polar surface area (TPSA) is 56.7 Å². The number of rotatable bonds is 3. The van der Waals surface area contributed by atoms with E-state index in [9.17, 15) is 4.79 Å². The van der Waals surface area contributed by atoms with Crippen LogP contribution in [0.4, 0.5) is 0 Å². The molecule has 0 aliphatic heterocycles. The summed E-state index contributed by atoms with van der Waals surface area (Å²) < 4.78 is 12.6. The van der Waals surface area contributed by atoms with Gasteiger partial charge in [0.2, 0.25) is 0 Å². The van der Waals surface area contributed by atoms with Crippen LogP contribution in [-0.4, -0.2) is 16.5 Å². The molecule has 4 rings (SSSR count). The molecule has 0 spiro atoms. The van der Waals surface area contributed by atoms with Gasteiger partial charge in [0.15, 0.2) is 11.3 Å². The van der Waals surface area contributed by atoms with E-state index in [0.717, 1.165) is 10.9 Å². The second-order valence-electron chi connectivity index (χ2n) is 5.93. The number of furan rings is 1. The third kappa shape index (κ3) is 2.86. The van der Waals surface area contributed by atoms with Gasteiger partial charge in [0.25, 0.3) is 5.56 Å². The van der Waals surface area contributed by atoms with E-state index in [2.05, 4.69) is 4.98 Å². The van der Waals surface area contributed by atoms with Crippen molar-refractivity contribution in [2.24, 2.45) is 0 Å². The monoisotopic (exact) mass is 366 g/mol. The van der Waals surface area contributed by atoms with Crippen LogP contribution in [0.25, 0.3) is 27.7 Å². The van der Waals surface area contributed by atoms with Gasteiger partial charge in [0, 0.05) is 23.7 Å². The quantitative estimate of drug-likeness (QED) is 0.536. The lowest BCUT2D eigenvalue weighted by Gasteiger charge is -2.04. The highest BCUT2D eigenvalue weighted by molar-refractivity contribution is 6.51. The lowest BCUT2D eigenvalue weighted by molar-refractivity contribution is 0.410. The third-order valence-electron chi connectivity index (χ3n) is 4.07. The summed E-state index contributed by atoms with van der Waals surface area (Å²) in [5.41, 5.74) is 2.37. The minimum atomic E-state index is -0.188. The zero-order chi connectivity index (χ0) is 18.3. The molecule has 0 fully saturated rings. The predicted molar refractivity (Wildman–Crippen MR) is 103 cm³/mol. The van der Waals surface area contributed by atoms with Gasteiger partial charge in [-0.3, -0.25) is 9.20 Å². The fourth-order valence-corrected chi connectivity index (χ4v) is 3.02. The molecule has 0 atom stereocenters. The molecule has 0 bridgehead atoms. The number of hydrogen-bond donors (Lipinski definition) is 0. The van der Waals surface area contributed by atoms with Crippen molar-refractivity contribution in [1.29, 1.82) is 0 Å². The van der Waals surface area contributed by atoms with Gasteiger partial charge < -0.3 is 9.15 Å². The summed E-state index contributed by atoms with van der Waals surface area (Å²) in [5.74, 6) is 1.20. The highest BCUT2D eigenvalue weighted by Gasteiger charge is 2.10. The van der Waals surface area contributed by atoms with E-state index < -0.39 is 0 Å². The minimum absolute atomic E-state index is 0.188. The van der Waals surface area contributed by atoms with Gasteiger partial charge in [-0.25, -0.2) is 4.98 Å². The Kier molecular flexibility index (Phi) is 4.01. The molecule has 26 heavy (non-hydrogen) atoms. The Morgan fingerprint density at radius 1 is 1.27 bits per heavy atom. The number of hydrogen-bond acceptors (Lipinski definition) is 4. The van der Waals surface area contributed by atoms with Crippen LogP contribution in [0, 0.1) is 6.92 Å². The van der Waals surface area contributed by atoms with Crippen molar-refractivity contribution in [2.75, 3.05) is 7.11 Å². The molecule has 1 aromatic carbocycles. The number of pyridine rings is 1. The molecule has 4 aromatic rings. The summed E-state index contributed by atoms with van der Waals surface area (Å²) in [4.78, 5) is 16.8. The van der Waals surface area contributed by atoms with E-state index >= 15 is 0 Å². The van der Waals surface area contributed by atoms with E-state index in [1.165, 1.54) is 10.5 Å². The van der Waals surface area contributed by atoms with E-state index in [-0.39, 0.29) is 5.56 Å².